The van der Waals surface area contributed by atoms with E-state index in [-0.39, 0.29) is 6.04 Å². The third-order valence-corrected chi connectivity index (χ3v) is 3.33. The molecule has 0 heterocycles. The molecule has 2 aromatic rings. The van der Waals surface area contributed by atoms with Gasteiger partial charge >= 0.3 is 5.97 Å². The van der Waals surface area contributed by atoms with Crippen molar-refractivity contribution in [2.45, 2.75) is 25.4 Å². The third kappa shape index (κ3) is 3.93. The van der Waals surface area contributed by atoms with Crippen LogP contribution in [0.1, 0.15) is 24.1 Å². The van der Waals surface area contributed by atoms with Crippen LogP contribution in [0.25, 0.3) is 0 Å². The number of carboxylic acids is 1. The Morgan fingerprint density at radius 2 is 1.60 bits per heavy atom. The largest absolute Gasteiger partial charge is 0.480 e. The summed E-state index contributed by atoms with van der Waals surface area (Å²) in [6, 6.07) is 19.0. The van der Waals surface area contributed by atoms with Crippen molar-refractivity contribution in [3.63, 3.8) is 0 Å². The van der Waals surface area contributed by atoms with Gasteiger partial charge in [0.2, 0.25) is 0 Å². The molecule has 2 aromatic carbocycles. The van der Waals surface area contributed by atoms with E-state index < -0.39 is 12.0 Å². The predicted octanol–water partition coefficient (Wildman–Crippen LogP) is 3.03. The minimum atomic E-state index is -0.823. The zero-order chi connectivity index (χ0) is 14.4. The first kappa shape index (κ1) is 14.3. The number of nitrogens with one attached hydrogen (secondary N) is 1. The van der Waals surface area contributed by atoms with Gasteiger partial charge in [0.25, 0.3) is 0 Å². The molecule has 0 amide bonds. The SMILES string of the molecule is CC(N[C@@H](Cc1ccccc1)C(=O)O)c1ccccc1. The highest BCUT2D eigenvalue weighted by atomic mass is 16.4. The molecular weight excluding hydrogens is 250 g/mol. The topological polar surface area (TPSA) is 49.3 Å². The van der Waals surface area contributed by atoms with E-state index in [4.69, 9.17) is 0 Å². The first-order valence-corrected chi connectivity index (χ1v) is 6.74. The Balaban J connectivity index is 2.05. The predicted molar refractivity (Wildman–Crippen MR) is 79.6 cm³/mol. The maximum Gasteiger partial charge on any atom is 0.321 e. The van der Waals surface area contributed by atoms with Crippen molar-refractivity contribution in [3.05, 3.63) is 71.8 Å². The second kappa shape index (κ2) is 6.87. The van der Waals surface area contributed by atoms with Crippen LogP contribution in [0.4, 0.5) is 0 Å². The molecule has 0 saturated carbocycles. The van der Waals surface area contributed by atoms with Gasteiger partial charge in [-0.2, -0.15) is 0 Å². The Bertz CT molecular complexity index is 539. The van der Waals surface area contributed by atoms with Crippen LogP contribution in [0.15, 0.2) is 60.7 Å². The number of rotatable bonds is 6. The monoisotopic (exact) mass is 269 g/mol. The van der Waals surface area contributed by atoms with Gasteiger partial charge in [-0.15, -0.1) is 0 Å². The summed E-state index contributed by atoms with van der Waals surface area (Å²) in [6.07, 6.45) is 0.480. The lowest BCUT2D eigenvalue weighted by atomic mass is 10.0. The minimum Gasteiger partial charge on any atom is -0.480 e. The van der Waals surface area contributed by atoms with E-state index in [1.54, 1.807) is 0 Å². The van der Waals surface area contributed by atoms with Crippen LogP contribution in [0.2, 0.25) is 0 Å². The molecule has 3 heteroatoms. The lowest BCUT2D eigenvalue weighted by molar-refractivity contribution is -0.139. The highest BCUT2D eigenvalue weighted by Crippen LogP contribution is 2.13. The van der Waals surface area contributed by atoms with Crippen LogP contribution in [-0.2, 0) is 11.2 Å². The molecule has 2 N–H and O–H groups in total. The molecule has 0 aliphatic rings. The average Bonchev–Trinajstić information content (AvgIpc) is 2.48. The first-order valence-electron chi connectivity index (χ1n) is 6.74. The van der Waals surface area contributed by atoms with E-state index in [0.29, 0.717) is 6.42 Å². The number of aliphatic carboxylic acids is 1. The van der Waals surface area contributed by atoms with Crippen LogP contribution in [0.5, 0.6) is 0 Å². The van der Waals surface area contributed by atoms with Crippen LogP contribution in [0, 0.1) is 0 Å². The van der Waals surface area contributed by atoms with Gasteiger partial charge in [-0.25, -0.2) is 0 Å². The van der Waals surface area contributed by atoms with Gasteiger partial charge in [-0.3, -0.25) is 10.1 Å². The van der Waals surface area contributed by atoms with Gasteiger partial charge in [0.1, 0.15) is 6.04 Å². The molecule has 0 bridgehead atoms. The Kier molecular flexibility index (Phi) is 4.91. The highest BCUT2D eigenvalue weighted by molar-refractivity contribution is 5.74. The van der Waals surface area contributed by atoms with Crippen molar-refractivity contribution in [2.24, 2.45) is 0 Å². The molecule has 0 spiro atoms. The summed E-state index contributed by atoms with van der Waals surface area (Å²) in [4.78, 5) is 11.4. The molecule has 0 radical (unpaired) electrons. The van der Waals surface area contributed by atoms with E-state index in [0.717, 1.165) is 11.1 Å². The van der Waals surface area contributed by atoms with Crippen molar-refractivity contribution in [3.8, 4) is 0 Å². The van der Waals surface area contributed by atoms with Crippen molar-refractivity contribution in [1.82, 2.24) is 5.32 Å². The third-order valence-electron chi connectivity index (χ3n) is 3.33. The van der Waals surface area contributed by atoms with Gasteiger partial charge in [-0.05, 0) is 24.5 Å². The Morgan fingerprint density at radius 3 is 2.15 bits per heavy atom. The van der Waals surface area contributed by atoms with E-state index in [1.807, 2.05) is 67.6 Å². The Labute approximate surface area is 119 Å². The average molecular weight is 269 g/mol. The van der Waals surface area contributed by atoms with Gasteiger partial charge in [0, 0.05) is 6.04 Å². The van der Waals surface area contributed by atoms with E-state index in [1.165, 1.54) is 0 Å². The molecule has 2 rings (SSSR count). The number of carboxylic acid groups (broad SMARTS) is 1. The molecule has 0 aliphatic heterocycles. The lowest BCUT2D eigenvalue weighted by Gasteiger charge is -2.20. The van der Waals surface area contributed by atoms with E-state index >= 15 is 0 Å². The van der Waals surface area contributed by atoms with Gasteiger partial charge in [-0.1, -0.05) is 60.7 Å². The van der Waals surface area contributed by atoms with Crippen molar-refractivity contribution in [2.75, 3.05) is 0 Å². The first-order chi connectivity index (χ1) is 9.66. The second-order valence-corrected chi connectivity index (χ2v) is 4.88. The fourth-order valence-corrected chi connectivity index (χ4v) is 2.21. The van der Waals surface area contributed by atoms with Crippen LogP contribution in [-0.4, -0.2) is 17.1 Å². The fourth-order valence-electron chi connectivity index (χ4n) is 2.21. The molecule has 1 unspecified atom stereocenters. The molecular formula is C17H19NO2. The number of hydrogen-bond donors (Lipinski definition) is 2. The second-order valence-electron chi connectivity index (χ2n) is 4.88. The molecule has 0 aliphatic carbocycles. The number of hydrogen-bond acceptors (Lipinski definition) is 2. The molecule has 0 aromatic heterocycles. The molecule has 104 valence electrons. The van der Waals surface area contributed by atoms with Crippen molar-refractivity contribution in [1.29, 1.82) is 0 Å². The summed E-state index contributed by atoms with van der Waals surface area (Å²) >= 11 is 0. The highest BCUT2D eigenvalue weighted by Gasteiger charge is 2.20. The summed E-state index contributed by atoms with van der Waals surface area (Å²) in [6.45, 7) is 1.98. The van der Waals surface area contributed by atoms with Crippen LogP contribution >= 0.6 is 0 Å². The van der Waals surface area contributed by atoms with Crippen LogP contribution < -0.4 is 5.32 Å². The zero-order valence-corrected chi connectivity index (χ0v) is 11.5. The summed E-state index contributed by atoms with van der Waals surface area (Å²) < 4.78 is 0. The molecule has 0 saturated heterocycles. The fraction of sp³-hybridized carbons (Fsp3) is 0.235. The molecule has 20 heavy (non-hydrogen) atoms. The quantitative estimate of drug-likeness (QED) is 0.847. The minimum absolute atomic E-state index is 0.000937. The maximum atomic E-state index is 11.4. The lowest BCUT2D eigenvalue weighted by Crippen LogP contribution is -2.40. The van der Waals surface area contributed by atoms with E-state index in [9.17, 15) is 9.90 Å². The van der Waals surface area contributed by atoms with E-state index in [2.05, 4.69) is 5.32 Å². The summed E-state index contributed by atoms with van der Waals surface area (Å²) in [5.74, 6) is -0.823. The van der Waals surface area contributed by atoms with Gasteiger partial charge in [0.15, 0.2) is 0 Å². The number of carbonyl (C=O) groups is 1. The van der Waals surface area contributed by atoms with Crippen LogP contribution in [0.3, 0.4) is 0 Å². The zero-order valence-electron chi connectivity index (χ0n) is 11.5. The summed E-state index contributed by atoms with van der Waals surface area (Å²) in [5, 5.41) is 12.5. The van der Waals surface area contributed by atoms with Crippen molar-refractivity contribution < 1.29 is 9.90 Å². The maximum absolute atomic E-state index is 11.4. The molecule has 2 atom stereocenters. The smallest absolute Gasteiger partial charge is 0.321 e. The standard InChI is InChI=1S/C17H19NO2/c1-13(15-10-6-3-7-11-15)18-16(17(19)20)12-14-8-4-2-5-9-14/h2-11,13,16,18H,12H2,1H3,(H,19,20)/t13?,16-/m0/s1. The number of benzene rings is 2. The molecule has 3 nitrogen and oxygen atoms in total. The van der Waals surface area contributed by atoms with Crippen molar-refractivity contribution >= 4 is 5.97 Å². The Morgan fingerprint density at radius 1 is 1.05 bits per heavy atom. The normalized spacial score (nSPS) is 13.7. The summed E-state index contributed by atoms with van der Waals surface area (Å²) in [7, 11) is 0. The Hall–Kier alpha value is -2.13. The van der Waals surface area contributed by atoms with Gasteiger partial charge < -0.3 is 5.11 Å². The van der Waals surface area contributed by atoms with Gasteiger partial charge in [0.05, 0.1) is 0 Å². The summed E-state index contributed by atoms with van der Waals surface area (Å²) in [5.41, 5.74) is 2.11. The molecule has 0 fully saturated rings.